The van der Waals surface area contributed by atoms with E-state index in [1.54, 1.807) is 25.1 Å². The van der Waals surface area contributed by atoms with Crippen molar-refractivity contribution in [1.29, 1.82) is 0 Å². The van der Waals surface area contributed by atoms with Crippen molar-refractivity contribution in [1.82, 2.24) is 15.2 Å². The lowest BCUT2D eigenvalue weighted by atomic mass is 9.97. The molecule has 0 saturated heterocycles. The second kappa shape index (κ2) is 8.47. The van der Waals surface area contributed by atoms with Crippen molar-refractivity contribution >= 4 is 28.7 Å². The van der Waals surface area contributed by atoms with Crippen LogP contribution in [0.25, 0.3) is 5.57 Å². The van der Waals surface area contributed by atoms with Crippen LogP contribution in [-0.4, -0.2) is 47.4 Å². The van der Waals surface area contributed by atoms with Gasteiger partial charge in [0.2, 0.25) is 5.95 Å². The second-order valence-electron chi connectivity index (χ2n) is 7.66. The zero-order valence-corrected chi connectivity index (χ0v) is 17.3. The highest BCUT2D eigenvalue weighted by Gasteiger charge is 2.24. The molecule has 1 aromatic heterocycles. The molecule has 2 aliphatic rings. The molecular weight excluding hydrogens is 402 g/mol. The van der Waals surface area contributed by atoms with Gasteiger partial charge in [0.1, 0.15) is 11.5 Å². The van der Waals surface area contributed by atoms with Gasteiger partial charge in [-0.2, -0.15) is 4.39 Å². The molecule has 0 bridgehead atoms. The fourth-order valence-corrected chi connectivity index (χ4v) is 3.85. The van der Waals surface area contributed by atoms with Crippen molar-refractivity contribution in [2.75, 3.05) is 20.1 Å². The van der Waals surface area contributed by atoms with Gasteiger partial charge in [-0.25, -0.2) is 14.4 Å². The van der Waals surface area contributed by atoms with Crippen LogP contribution in [-0.2, 0) is 17.8 Å². The molecule has 0 radical (unpaired) electrons. The average molecular weight is 424 g/mol. The van der Waals surface area contributed by atoms with Crippen molar-refractivity contribution in [3.8, 4) is 0 Å². The molecule has 0 atom stereocenters. The van der Waals surface area contributed by atoms with E-state index in [2.05, 4.69) is 20.2 Å². The first kappa shape index (κ1) is 21.0. The van der Waals surface area contributed by atoms with Crippen molar-refractivity contribution < 1.29 is 18.4 Å². The van der Waals surface area contributed by atoms with Gasteiger partial charge in [0.15, 0.2) is 5.78 Å². The minimum Gasteiger partial charge on any atom is -0.354 e. The van der Waals surface area contributed by atoms with Crippen molar-refractivity contribution in [2.24, 2.45) is 4.99 Å². The van der Waals surface area contributed by atoms with Crippen LogP contribution >= 0.6 is 0 Å². The van der Waals surface area contributed by atoms with E-state index in [0.29, 0.717) is 54.1 Å². The minimum atomic E-state index is -0.679. The molecule has 4 rings (SSSR count). The van der Waals surface area contributed by atoms with Crippen LogP contribution in [0, 0.1) is 11.8 Å². The second-order valence-corrected chi connectivity index (χ2v) is 7.66. The Morgan fingerprint density at radius 1 is 1.23 bits per heavy atom. The first-order chi connectivity index (χ1) is 14.9. The van der Waals surface area contributed by atoms with Gasteiger partial charge in [-0.1, -0.05) is 12.1 Å². The third-order valence-electron chi connectivity index (χ3n) is 5.67. The fourth-order valence-electron chi connectivity index (χ4n) is 3.85. The third-order valence-corrected chi connectivity index (χ3v) is 5.67. The minimum absolute atomic E-state index is 0.0303. The number of aromatic nitrogens is 1. The van der Waals surface area contributed by atoms with Gasteiger partial charge < -0.3 is 5.32 Å². The van der Waals surface area contributed by atoms with E-state index in [0.717, 1.165) is 5.57 Å². The Balaban J connectivity index is 1.48. The molecule has 0 saturated carbocycles. The molecule has 6 nitrogen and oxygen atoms in total. The van der Waals surface area contributed by atoms with Gasteiger partial charge in [-0.05, 0) is 37.1 Å². The van der Waals surface area contributed by atoms with Crippen LogP contribution in [0.15, 0.2) is 35.3 Å². The zero-order chi connectivity index (χ0) is 22.1. The molecule has 31 heavy (non-hydrogen) atoms. The Bertz CT molecular complexity index is 1140. The molecule has 160 valence electrons. The number of fused-ring (bicyclic) bond motifs is 1. The predicted molar refractivity (Wildman–Crippen MR) is 113 cm³/mol. The largest absolute Gasteiger partial charge is 0.354 e. The highest BCUT2D eigenvalue weighted by Crippen LogP contribution is 2.31. The zero-order valence-electron chi connectivity index (χ0n) is 17.3. The molecule has 1 amide bonds. The number of benzene rings is 1. The molecule has 0 fully saturated rings. The fraction of sp³-hybridized carbons (Fsp3) is 0.304. The van der Waals surface area contributed by atoms with E-state index in [1.807, 2.05) is 6.08 Å². The molecule has 1 aromatic carbocycles. The lowest BCUT2D eigenvalue weighted by Crippen LogP contribution is -2.29. The van der Waals surface area contributed by atoms with E-state index in [9.17, 15) is 18.4 Å². The van der Waals surface area contributed by atoms with E-state index in [1.165, 1.54) is 13.1 Å². The van der Waals surface area contributed by atoms with E-state index in [-0.39, 0.29) is 23.7 Å². The van der Waals surface area contributed by atoms with Gasteiger partial charge in [0.05, 0.1) is 11.4 Å². The van der Waals surface area contributed by atoms with Gasteiger partial charge >= 0.3 is 0 Å². The molecule has 8 heteroatoms. The van der Waals surface area contributed by atoms with Crippen LogP contribution < -0.4 is 5.32 Å². The van der Waals surface area contributed by atoms with Crippen LogP contribution in [0.2, 0.25) is 0 Å². The number of hydrogen-bond acceptors (Lipinski definition) is 5. The van der Waals surface area contributed by atoms with Gasteiger partial charge in [-0.3, -0.25) is 14.5 Å². The predicted octanol–water partition coefficient (Wildman–Crippen LogP) is 3.23. The number of hydrogen-bond donors (Lipinski definition) is 1. The summed E-state index contributed by atoms with van der Waals surface area (Å²) in [6.45, 7) is 3.17. The van der Waals surface area contributed by atoms with Crippen molar-refractivity contribution in [3.63, 3.8) is 0 Å². The number of Topliss-reactive ketones (excluding diaryl/α,β-unsaturated/α-hetero) is 1. The summed E-state index contributed by atoms with van der Waals surface area (Å²) in [5, 5.41) is 2.42. The monoisotopic (exact) mass is 424 g/mol. The SMILES string of the molecule is CNC(=O)c1ccc(C2=CCN(Cc3ccc4c(c3F)CC(=O)C(C)=N4)CC2)c(F)n1. The Kier molecular flexibility index (Phi) is 5.73. The molecule has 2 aromatic rings. The first-order valence-corrected chi connectivity index (χ1v) is 10.1. The Morgan fingerprint density at radius 3 is 2.71 bits per heavy atom. The summed E-state index contributed by atoms with van der Waals surface area (Å²) in [7, 11) is 1.46. The van der Waals surface area contributed by atoms with Crippen LogP contribution in [0.1, 0.15) is 40.5 Å². The highest BCUT2D eigenvalue weighted by molar-refractivity contribution is 6.40. The Morgan fingerprint density at radius 2 is 2.03 bits per heavy atom. The number of halogens is 2. The quantitative estimate of drug-likeness (QED) is 0.765. The summed E-state index contributed by atoms with van der Waals surface area (Å²) in [6.07, 6.45) is 2.51. The highest BCUT2D eigenvalue weighted by atomic mass is 19.1. The van der Waals surface area contributed by atoms with Crippen LogP contribution in [0.5, 0.6) is 0 Å². The van der Waals surface area contributed by atoms with Gasteiger partial charge in [0, 0.05) is 49.8 Å². The third kappa shape index (κ3) is 4.16. The Labute approximate surface area is 178 Å². The van der Waals surface area contributed by atoms with Crippen molar-refractivity contribution in [2.45, 2.75) is 26.3 Å². The first-order valence-electron chi connectivity index (χ1n) is 10.1. The number of nitrogens with zero attached hydrogens (tertiary/aromatic N) is 3. The standard InChI is InChI=1S/C23H22F2N4O2/c1-13-20(30)11-17-18(27-13)5-3-15(21(17)24)12-29-9-7-14(8-10-29)16-4-6-19(23(31)26-2)28-22(16)25/h3-7H,8-12H2,1-2H3,(H,26,31). The molecule has 0 spiro atoms. The van der Waals surface area contributed by atoms with E-state index in [4.69, 9.17) is 0 Å². The van der Waals surface area contributed by atoms with Crippen LogP contribution in [0.4, 0.5) is 14.5 Å². The molecule has 3 heterocycles. The van der Waals surface area contributed by atoms with E-state index >= 15 is 0 Å². The average Bonchev–Trinajstić information content (AvgIpc) is 2.77. The number of amides is 1. The van der Waals surface area contributed by atoms with Crippen LogP contribution in [0.3, 0.4) is 0 Å². The van der Waals surface area contributed by atoms with Gasteiger partial charge in [-0.15, -0.1) is 0 Å². The summed E-state index contributed by atoms with van der Waals surface area (Å²) in [6, 6.07) is 6.53. The summed E-state index contributed by atoms with van der Waals surface area (Å²) in [5.41, 5.74) is 3.00. The summed E-state index contributed by atoms with van der Waals surface area (Å²) in [4.78, 5) is 33.5. The Hall–Kier alpha value is -3.26. The maximum Gasteiger partial charge on any atom is 0.269 e. The molecular formula is C23H22F2N4O2. The van der Waals surface area contributed by atoms with Gasteiger partial charge in [0.25, 0.3) is 5.91 Å². The lowest BCUT2D eigenvalue weighted by Gasteiger charge is -2.27. The number of carbonyl (C=O) groups excluding carboxylic acids is 2. The van der Waals surface area contributed by atoms with Crippen molar-refractivity contribution in [3.05, 3.63) is 64.5 Å². The molecule has 1 N–H and O–H groups in total. The number of rotatable bonds is 4. The lowest BCUT2D eigenvalue weighted by molar-refractivity contribution is -0.112. The number of ketones is 1. The normalized spacial score (nSPS) is 16.5. The number of nitrogens with one attached hydrogen (secondary N) is 1. The molecule has 2 aliphatic heterocycles. The molecule has 0 unspecified atom stereocenters. The number of aliphatic imine (C=N–C) groups is 1. The smallest absolute Gasteiger partial charge is 0.269 e. The number of pyridine rings is 1. The topological polar surface area (TPSA) is 74.7 Å². The summed E-state index contributed by atoms with van der Waals surface area (Å²) in [5.74, 6) is -1.66. The molecule has 0 aliphatic carbocycles. The summed E-state index contributed by atoms with van der Waals surface area (Å²) >= 11 is 0. The number of carbonyl (C=O) groups is 2. The van der Waals surface area contributed by atoms with E-state index < -0.39 is 11.9 Å². The maximum absolute atomic E-state index is 15.0. The summed E-state index contributed by atoms with van der Waals surface area (Å²) < 4.78 is 29.4. The maximum atomic E-state index is 15.0.